The smallest absolute Gasteiger partial charge is 0.388 e. The number of aromatic nitrogens is 5. The van der Waals surface area contributed by atoms with Crippen LogP contribution in [0.5, 0.6) is 5.88 Å². The first-order valence-electron chi connectivity index (χ1n) is 13.1. The number of rotatable bonds is 11. The normalized spacial score (nSPS) is 21.2. The number of nitrogens with one attached hydrogen (secondary N) is 2. The number of fused-ring (bicyclic) bond motifs is 1. The number of carbonyl (C=O) groups excluding carboxylic acids is 2. The maximum Gasteiger partial charge on any atom is 0.388 e. The molecule has 2 saturated carbocycles. The standard InChI is InChI=1S/C25H27F4N7O3S/c1-35-19(8-20(34-35)39-23(26)27)32-24-33-31-11-36(24)14-4-5-17-15(6-14)21(18(40-17)7-16(37)12-2-3-12)22(38)30-10-13-9-25(13,28)29/h8,11-14,23H,2-7,9-10H2,1H3,(H,30,38)(H,32,33)/t13-,14-/m0/s1. The van der Waals surface area contributed by atoms with Crippen molar-refractivity contribution in [1.29, 1.82) is 0 Å². The van der Waals surface area contributed by atoms with E-state index in [2.05, 4.69) is 30.7 Å². The zero-order chi connectivity index (χ0) is 28.2. The van der Waals surface area contributed by atoms with Crippen LogP contribution in [0, 0.1) is 11.8 Å². The summed E-state index contributed by atoms with van der Waals surface area (Å²) >= 11 is 1.46. The van der Waals surface area contributed by atoms with Crippen LogP contribution >= 0.6 is 11.3 Å². The molecule has 0 saturated heterocycles. The largest absolute Gasteiger partial charge is 0.415 e. The highest BCUT2D eigenvalue weighted by Gasteiger charge is 2.56. The summed E-state index contributed by atoms with van der Waals surface area (Å²) in [6.07, 6.45) is 5.00. The van der Waals surface area contributed by atoms with Crippen LogP contribution in [0.15, 0.2) is 12.4 Å². The minimum Gasteiger partial charge on any atom is -0.415 e. The molecule has 2 fully saturated rings. The van der Waals surface area contributed by atoms with Crippen LogP contribution in [0.25, 0.3) is 0 Å². The minimum atomic E-state index is -3.01. The number of Topliss-reactive ketones (excluding diaryl/α,β-unsaturated/α-hetero) is 1. The summed E-state index contributed by atoms with van der Waals surface area (Å²) in [5.41, 5.74) is 1.23. The topological polar surface area (TPSA) is 116 Å². The third-order valence-electron chi connectivity index (χ3n) is 7.64. The molecular formula is C25H27F4N7O3S. The number of carbonyl (C=O) groups is 2. The van der Waals surface area contributed by atoms with Crippen LogP contribution in [0.3, 0.4) is 0 Å². The van der Waals surface area contributed by atoms with Crippen molar-refractivity contribution in [3.8, 4) is 5.88 Å². The summed E-state index contributed by atoms with van der Waals surface area (Å²) in [5, 5.41) is 17.8. The predicted molar refractivity (Wildman–Crippen MR) is 135 cm³/mol. The predicted octanol–water partition coefficient (Wildman–Crippen LogP) is 4.05. The number of amides is 1. The Labute approximate surface area is 230 Å². The third-order valence-corrected chi connectivity index (χ3v) is 8.93. The van der Waals surface area contributed by atoms with Crippen LogP contribution in [-0.4, -0.2) is 55.3 Å². The summed E-state index contributed by atoms with van der Waals surface area (Å²) in [6, 6.07) is 1.16. The second kappa shape index (κ2) is 10.2. The Morgan fingerprint density at radius 2 is 2.05 bits per heavy atom. The molecule has 3 aromatic rings. The van der Waals surface area contributed by atoms with Crippen molar-refractivity contribution in [2.75, 3.05) is 11.9 Å². The fraction of sp³-hybridized carbons (Fsp3) is 0.560. The van der Waals surface area contributed by atoms with E-state index in [4.69, 9.17) is 0 Å². The van der Waals surface area contributed by atoms with E-state index in [1.807, 2.05) is 4.57 Å². The first-order valence-corrected chi connectivity index (χ1v) is 13.9. The van der Waals surface area contributed by atoms with Crippen LogP contribution in [0.2, 0.25) is 0 Å². The van der Waals surface area contributed by atoms with Gasteiger partial charge in [0.05, 0.1) is 5.56 Å². The summed E-state index contributed by atoms with van der Waals surface area (Å²) in [5.74, 6) is -3.43. The van der Waals surface area contributed by atoms with Crippen LogP contribution in [0.4, 0.5) is 29.3 Å². The quantitative estimate of drug-likeness (QED) is 0.328. The van der Waals surface area contributed by atoms with E-state index in [1.54, 1.807) is 13.4 Å². The molecule has 3 aliphatic rings. The Morgan fingerprint density at radius 1 is 1.27 bits per heavy atom. The number of ether oxygens (including phenoxy) is 1. The Kier molecular flexibility index (Phi) is 6.79. The lowest BCUT2D eigenvalue weighted by Gasteiger charge is -2.25. The van der Waals surface area contributed by atoms with E-state index in [0.717, 1.165) is 23.3 Å². The Hall–Kier alpha value is -3.49. The molecule has 2 atom stereocenters. The molecular weight excluding hydrogens is 554 g/mol. The van der Waals surface area contributed by atoms with E-state index in [1.165, 1.54) is 22.1 Å². The molecule has 6 rings (SSSR count). The molecule has 3 heterocycles. The maximum absolute atomic E-state index is 13.4. The lowest BCUT2D eigenvalue weighted by atomic mass is 9.90. The number of ketones is 1. The lowest BCUT2D eigenvalue weighted by Crippen LogP contribution is -2.29. The first kappa shape index (κ1) is 26.7. The Bertz CT molecular complexity index is 1450. The summed E-state index contributed by atoms with van der Waals surface area (Å²) in [4.78, 5) is 27.7. The van der Waals surface area contributed by atoms with Crippen molar-refractivity contribution in [2.45, 2.75) is 63.5 Å². The van der Waals surface area contributed by atoms with Crippen LogP contribution in [0.1, 0.15) is 57.4 Å². The van der Waals surface area contributed by atoms with Gasteiger partial charge in [-0.3, -0.25) is 14.2 Å². The van der Waals surface area contributed by atoms with Gasteiger partial charge in [0.25, 0.3) is 11.8 Å². The van der Waals surface area contributed by atoms with Crippen molar-refractivity contribution in [2.24, 2.45) is 18.9 Å². The third kappa shape index (κ3) is 5.43. The fourth-order valence-electron chi connectivity index (χ4n) is 5.17. The molecule has 0 unspecified atom stereocenters. The van der Waals surface area contributed by atoms with E-state index in [-0.39, 0.29) is 43.0 Å². The van der Waals surface area contributed by atoms with Crippen LogP contribution < -0.4 is 15.4 Å². The van der Waals surface area contributed by atoms with Crippen molar-refractivity contribution in [3.63, 3.8) is 0 Å². The highest BCUT2D eigenvalue weighted by molar-refractivity contribution is 7.12. The van der Waals surface area contributed by atoms with Gasteiger partial charge < -0.3 is 15.4 Å². The molecule has 3 aromatic heterocycles. The van der Waals surface area contributed by atoms with Gasteiger partial charge >= 0.3 is 6.61 Å². The number of hydrogen-bond donors (Lipinski definition) is 2. The molecule has 1 amide bonds. The van der Waals surface area contributed by atoms with Gasteiger partial charge in [-0.25, -0.2) is 13.5 Å². The van der Waals surface area contributed by atoms with Gasteiger partial charge in [0.2, 0.25) is 11.8 Å². The molecule has 40 heavy (non-hydrogen) atoms. The summed E-state index contributed by atoms with van der Waals surface area (Å²) in [6.45, 7) is -3.12. The zero-order valence-electron chi connectivity index (χ0n) is 21.5. The fourth-order valence-corrected chi connectivity index (χ4v) is 6.53. The number of nitrogens with zero attached hydrogens (tertiary/aromatic N) is 5. The summed E-state index contributed by atoms with van der Waals surface area (Å²) < 4.78 is 59.6. The van der Waals surface area contributed by atoms with Gasteiger partial charge in [-0.1, -0.05) is 0 Å². The molecule has 0 aromatic carbocycles. The van der Waals surface area contributed by atoms with E-state index < -0.39 is 24.4 Å². The van der Waals surface area contributed by atoms with Gasteiger partial charge in [-0.2, -0.15) is 8.78 Å². The molecule has 0 radical (unpaired) electrons. The van der Waals surface area contributed by atoms with Crippen molar-refractivity contribution in [1.82, 2.24) is 29.9 Å². The average molecular weight is 582 g/mol. The molecule has 0 spiro atoms. The maximum atomic E-state index is 13.4. The number of thiophene rings is 1. The van der Waals surface area contributed by atoms with Gasteiger partial charge in [0.1, 0.15) is 17.9 Å². The first-order chi connectivity index (χ1) is 19.1. The number of hydrogen-bond acceptors (Lipinski definition) is 8. The molecule has 10 nitrogen and oxygen atoms in total. The van der Waals surface area contributed by atoms with E-state index in [0.29, 0.717) is 41.5 Å². The summed E-state index contributed by atoms with van der Waals surface area (Å²) in [7, 11) is 1.56. The number of aryl methyl sites for hydroxylation is 2. The molecule has 15 heteroatoms. The molecule has 0 aliphatic heterocycles. The zero-order valence-corrected chi connectivity index (χ0v) is 22.3. The second-order valence-corrected chi connectivity index (χ2v) is 11.7. The highest BCUT2D eigenvalue weighted by atomic mass is 32.1. The van der Waals surface area contributed by atoms with Gasteiger partial charge in [-0.05, 0) is 37.7 Å². The van der Waals surface area contributed by atoms with Crippen molar-refractivity contribution < 1.29 is 31.9 Å². The minimum absolute atomic E-state index is 0.0391. The Balaban J connectivity index is 1.23. The lowest BCUT2D eigenvalue weighted by molar-refractivity contribution is -0.119. The SMILES string of the molecule is Cn1nc(OC(F)F)cc1Nc1nncn1[C@H]1CCc2sc(CC(=O)C3CC3)c(C(=O)NC[C@@H]3CC3(F)F)c2C1. The number of halogens is 4. The average Bonchev–Trinajstić information content (AvgIpc) is 3.69. The monoisotopic (exact) mass is 581 g/mol. The number of anilines is 2. The van der Waals surface area contributed by atoms with E-state index in [9.17, 15) is 27.2 Å². The highest BCUT2D eigenvalue weighted by Crippen LogP contribution is 2.48. The molecule has 2 N–H and O–H groups in total. The van der Waals surface area contributed by atoms with Gasteiger partial charge in [-0.15, -0.1) is 26.6 Å². The van der Waals surface area contributed by atoms with E-state index >= 15 is 0 Å². The Morgan fingerprint density at radius 3 is 2.75 bits per heavy atom. The van der Waals surface area contributed by atoms with Gasteiger partial charge in [0, 0.05) is 60.1 Å². The molecule has 0 bridgehead atoms. The molecule has 3 aliphatic carbocycles. The van der Waals surface area contributed by atoms with Gasteiger partial charge in [0.15, 0.2) is 0 Å². The molecule has 214 valence electrons. The second-order valence-electron chi connectivity index (χ2n) is 10.5. The number of alkyl halides is 4. The van der Waals surface area contributed by atoms with Crippen molar-refractivity contribution >= 4 is 34.8 Å². The van der Waals surface area contributed by atoms with Crippen molar-refractivity contribution in [3.05, 3.63) is 33.3 Å². The van der Waals surface area contributed by atoms with Crippen LogP contribution in [-0.2, 0) is 31.1 Å².